The van der Waals surface area contributed by atoms with E-state index in [0.29, 0.717) is 11.3 Å². The second kappa shape index (κ2) is 5.02. The Balaban J connectivity index is 2.21. The van der Waals surface area contributed by atoms with E-state index in [1.54, 1.807) is 18.3 Å². The molecule has 0 unspecified atom stereocenters. The van der Waals surface area contributed by atoms with Crippen molar-refractivity contribution in [1.82, 2.24) is 4.98 Å². The smallest absolute Gasteiger partial charge is 0.132 e. The summed E-state index contributed by atoms with van der Waals surface area (Å²) in [7, 11) is 0. The van der Waals surface area contributed by atoms with Crippen LogP contribution in [0.4, 0.5) is 4.39 Å². The highest BCUT2D eigenvalue weighted by Gasteiger charge is 2.11. The molecule has 0 radical (unpaired) electrons. The first kappa shape index (κ1) is 11.6. The van der Waals surface area contributed by atoms with Crippen LogP contribution in [0, 0.1) is 5.82 Å². The van der Waals surface area contributed by atoms with Crippen molar-refractivity contribution in [2.45, 2.75) is 0 Å². The number of pyridine rings is 1. The van der Waals surface area contributed by atoms with Gasteiger partial charge in [-0.3, -0.25) is 4.98 Å². The minimum atomic E-state index is -0.251. The Hall–Kier alpha value is -2.48. The van der Waals surface area contributed by atoms with Crippen LogP contribution in [-0.2, 0) is 0 Å². The van der Waals surface area contributed by atoms with E-state index in [1.807, 2.05) is 48.5 Å². The molecule has 0 aliphatic carbocycles. The van der Waals surface area contributed by atoms with Crippen LogP contribution in [0.15, 0.2) is 72.9 Å². The molecule has 2 heteroatoms. The topological polar surface area (TPSA) is 12.9 Å². The number of benzene rings is 2. The molecule has 0 saturated carbocycles. The molecule has 3 rings (SSSR count). The number of hydrogen-bond acceptors (Lipinski definition) is 1. The number of rotatable bonds is 2. The SMILES string of the molecule is Fc1ccccc1-c1ncccc1-c1ccccc1. The fourth-order valence-electron chi connectivity index (χ4n) is 2.12. The van der Waals surface area contributed by atoms with Gasteiger partial charge in [0.25, 0.3) is 0 Å². The van der Waals surface area contributed by atoms with E-state index in [4.69, 9.17) is 0 Å². The Morgan fingerprint density at radius 2 is 1.37 bits per heavy atom. The third-order valence-electron chi connectivity index (χ3n) is 3.02. The summed E-state index contributed by atoms with van der Waals surface area (Å²) >= 11 is 0. The Morgan fingerprint density at radius 3 is 2.16 bits per heavy atom. The normalized spacial score (nSPS) is 10.4. The quantitative estimate of drug-likeness (QED) is 0.649. The standard InChI is InChI=1S/C17H12FN/c18-16-11-5-4-9-15(16)17-14(10-6-12-19-17)13-7-2-1-3-8-13/h1-12H. The number of hydrogen-bond donors (Lipinski definition) is 0. The zero-order valence-corrected chi connectivity index (χ0v) is 10.3. The molecule has 19 heavy (non-hydrogen) atoms. The molecule has 0 N–H and O–H groups in total. The van der Waals surface area contributed by atoms with Crippen LogP contribution in [0.1, 0.15) is 0 Å². The third-order valence-corrected chi connectivity index (χ3v) is 3.02. The van der Waals surface area contributed by atoms with Crippen LogP contribution < -0.4 is 0 Å². The molecule has 0 aliphatic rings. The van der Waals surface area contributed by atoms with Crippen molar-refractivity contribution < 1.29 is 4.39 Å². The first-order valence-corrected chi connectivity index (χ1v) is 6.11. The highest BCUT2D eigenvalue weighted by molar-refractivity contribution is 5.80. The van der Waals surface area contributed by atoms with Gasteiger partial charge in [0, 0.05) is 17.3 Å². The maximum absolute atomic E-state index is 13.9. The predicted molar refractivity (Wildman–Crippen MR) is 75.1 cm³/mol. The molecule has 3 aromatic rings. The lowest BCUT2D eigenvalue weighted by molar-refractivity contribution is 0.631. The van der Waals surface area contributed by atoms with E-state index in [0.717, 1.165) is 11.1 Å². The van der Waals surface area contributed by atoms with Crippen molar-refractivity contribution in [3.05, 3.63) is 78.7 Å². The van der Waals surface area contributed by atoms with Crippen molar-refractivity contribution >= 4 is 0 Å². The second-order valence-corrected chi connectivity index (χ2v) is 4.25. The van der Waals surface area contributed by atoms with Crippen LogP contribution in [0.25, 0.3) is 22.4 Å². The van der Waals surface area contributed by atoms with Crippen molar-refractivity contribution in [3.8, 4) is 22.4 Å². The lowest BCUT2D eigenvalue weighted by Gasteiger charge is -2.09. The lowest BCUT2D eigenvalue weighted by atomic mass is 9.99. The van der Waals surface area contributed by atoms with Gasteiger partial charge in [0.15, 0.2) is 0 Å². The summed E-state index contributed by atoms with van der Waals surface area (Å²) in [6.45, 7) is 0. The maximum Gasteiger partial charge on any atom is 0.132 e. The van der Waals surface area contributed by atoms with E-state index in [-0.39, 0.29) is 5.82 Å². The molecule has 0 amide bonds. The van der Waals surface area contributed by atoms with Gasteiger partial charge in [0.2, 0.25) is 0 Å². The van der Waals surface area contributed by atoms with Crippen molar-refractivity contribution in [2.24, 2.45) is 0 Å². The first-order valence-electron chi connectivity index (χ1n) is 6.11. The molecule has 92 valence electrons. The minimum absolute atomic E-state index is 0.251. The van der Waals surface area contributed by atoms with Gasteiger partial charge in [0.05, 0.1) is 5.69 Å². The molecule has 2 aromatic carbocycles. The Kier molecular flexibility index (Phi) is 3.07. The summed E-state index contributed by atoms with van der Waals surface area (Å²) in [4.78, 5) is 4.35. The van der Waals surface area contributed by atoms with Crippen LogP contribution in [-0.4, -0.2) is 4.98 Å². The zero-order chi connectivity index (χ0) is 13.1. The molecule has 0 aliphatic heterocycles. The van der Waals surface area contributed by atoms with E-state index < -0.39 is 0 Å². The van der Waals surface area contributed by atoms with Gasteiger partial charge < -0.3 is 0 Å². The van der Waals surface area contributed by atoms with Gasteiger partial charge in [0.1, 0.15) is 5.82 Å². The van der Waals surface area contributed by atoms with Gasteiger partial charge in [-0.05, 0) is 23.8 Å². The second-order valence-electron chi connectivity index (χ2n) is 4.25. The molecule has 1 aromatic heterocycles. The van der Waals surface area contributed by atoms with Crippen LogP contribution in [0.2, 0.25) is 0 Å². The van der Waals surface area contributed by atoms with E-state index >= 15 is 0 Å². The lowest BCUT2D eigenvalue weighted by Crippen LogP contribution is -1.91. The Morgan fingerprint density at radius 1 is 0.684 bits per heavy atom. The van der Waals surface area contributed by atoms with Crippen LogP contribution in [0.3, 0.4) is 0 Å². The molecule has 1 heterocycles. The summed E-state index contributed by atoms with van der Waals surface area (Å²) in [6.07, 6.45) is 1.69. The van der Waals surface area contributed by atoms with Gasteiger partial charge in [-0.2, -0.15) is 0 Å². The number of aromatic nitrogens is 1. The van der Waals surface area contributed by atoms with Crippen LogP contribution in [0.5, 0.6) is 0 Å². The third kappa shape index (κ3) is 2.25. The average molecular weight is 249 g/mol. The summed E-state index contributed by atoms with van der Waals surface area (Å²) in [6, 6.07) is 20.4. The zero-order valence-electron chi connectivity index (χ0n) is 10.3. The van der Waals surface area contributed by atoms with Gasteiger partial charge in [-0.25, -0.2) is 4.39 Å². The first-order chi connectivity index (χ1) is 9.36. The number of nitrogens with zero attached hydrogens (tertiary/aromatic N) is 1. The minimum Gasteiger partial charge on any atom is -0.255 e. The summed E-state index contributed by atoms with van der Waals surface area (Å²) < 4.78 is 13.9. The van der Waals surface area contributed by atoms with E-state index in [9.17, 15) is 4.39 Å². The molecular formula is C17H12FN. The van der Waals surface area contributed by atoms with Crippen molar-refractivity contribution in [1.29, 1.82) is 0 Å². The predicted octanol–water partition coefficient (Wildman–Crippen LogP) is 4.55. The molecular weight excluding hydrogens is 237 g/mol. The molecule has 0 bridgehead atoms. The largest absolute Gasteiger partial charge is 0.255 e. The van der Waals surface area contributed by atoms with E-state index in [2.05, 4.69) is 4.98 Å². The molecule has 1 nitrogen and oxygen atoms in total. The maximum atomic E-state index is 13.9. The summed E-state index contributed by atoms with van der Waals surface area (Å²) in [5.41, 5.74) is 3.18. The highest BCUT2D eigenvalue weighted by atomic mass is 19.1. The van der Waals surface area contributed by atoms with Gasteiger partial charge >= 0.3 is 0 Å². The number of halogens is 1. The van der Waals surface area contributed by atoms with E-state index in [1.165, 1.54) is 6.07 Å². The Bertz CT molecular complexity index is 692. The Labute approximate surface area is 111 Å². The van der Waals surface area contributed by atoms with Crippen LogP contribution >= 0.6 is 0 Å². The monoisotopic (exact) mass is 249 g/mol. The average Bonchev–Trinajstić information content (AvgIpc) is 2.49. The van der Waals surface area contributed by atoms with Crippen molar-refractivity contribution in [3.63, 3.8) is 0 Å². The summed E-state index contributed by atoms with van der Waals surface area (Å²) in [5, 5.41) is 0. The molecule has 0 fully saturated rings. The molecule has 0 atom stereocenters. The molecule has 0 saturated heterocycles. The fraction of sp³-hybridized carbons (Fsp3) is 0. The molecule has 0 spiro atoms. The van der Waals surface area contributed by atoms with Crippen molar-refractivity contribution in [2.75, 3.05) is 0 Å². The summed E-state index contributed by atoms with van der Waals surface area (Å²) in [5.74, 6) is -0.251. The van der Waals surface area contributed by atoms with Gasteiger partial charge in [-0.15, -0.1) is 0 Å². The fourth-order valence-corrected chi connectivity index (χ4v) is 2.12. The highest BCUT2D eigenvalue weighted by Crippen LogP contribution is 2.31. The van der Waals surface area contributed by atoms with Gasteiger partial charge in [-0.1, -0.05) is 48.5 Å².